The van der Waals surface area contributed by atoms with E-state index in [1.54, 1.807) is 0 Å². The monoisotopic (exact) mass is 663 g/mol. The van der Waals surface area contributed by atoms with E-state index in [4.69, 9.17) is 11.6 Å². The van der Waals surface area contributed by atoms with Crippen molar-refractivity contribution in [2.24, 2.45) is 0 Å². The first kappa shape index (κ1) is 35.3. The molecule has 0 bridgehead atoms. The Bertz CT molecular complexity index is 1220. The summed E-state index contributed by atoms with van der Waals surface area (Å²) in [6.07, 6.45) is 19.8. The fourth-order valence-corrected chi connectivity index (χ4v) is 6.25. The Morgan fingerprint density at radius 1 is 0.744 bits per heavy atom. The minimum Gasteiger partial charge on any atom is -0.299 e. The van der Waals surface area contributed by atoms with E-state index in [1.807, 2.05) is 12.1 Å². The minimum atomic E-state index is 0.314. The van der Waals surface area contributed by atoms with Crippen LogP contribution >= 0.6 is 27.5 Å². The number of carbonyl (C=O) groups excluding carboxylic acids is 1. The van der Waals surface area contributed by atoms with Gasteiger partial charge in [-0.1, -0.05) is 146 Å². The van der Waals surface area contributed by atoms with Gasteiger partial charge in [-0.05, 0) is 66.8 Å². The molecule has 0 spiro atoms. The number of nitrogens with zero attached hydrogens (tertiary/aromatic N) is 1. The summed E-state index contributed by atoms with van der Waals surface area (Å²) in [5.74, 6) is 0.314. The molecular formula is C39H51BrClNO. The molecule has 0 fully saturated rings. The van der Waals surface area contributed by atoms with Gasteiger partial charge in [0.1, 0.15) is 5.78 Å². The van der Waals surface area contributed by atoms with Crippen LogP contribution < -0.4 is 0 Å². The summed E-state index contributed by atoms with van der Waals surface area (Å²) < 4.78 is 1.16. The van der Waals surface area contributed by atoms with Gasteiger partial charge in [-0.25, -0.2) is 0 Å². The molecule has 2 nitrogen and oxygen atoms in total. The Morgan fingerprint density at radius 2 is 1.28 bits per heavy atom. The van der Waals surface area contributed by atoms with Gasteiger partial charge in [0.05, 0.1) is 0 Å². The number of likely N-dealkylation sites (N-methyl/N-ethyl adjacent to an activating group) is 1. The van der Waals surface area contributed by atoms with Crippen LogP contribution in [-0.4, -0.2) is 24.3 Å². The molecule has 0 radical (unpaired) electrons. The second-order valence-corrected chi connectivity index (χ2v) is 13.4. The highest BCUT2D eigenvalue weighted by Crippen LogP contribution is 2.29. The molecule has 0 atom stereocenters. The van der Waals surface area contributed by atoms with Gasteiger partial charge < -0.3 is 0 Å². The summed E-state index contributed by atoms with van der Waals surface area (Å²) in [5.41, 5.74) is 5.82. The minimum absolute atomic E-state index is 0.314. The van der Waals surface area contributed by atoms with Crippen LogP contribution in [0.2, 0.25) is 5.02 Å². The number of carbonyl (C=O) groups is 1. The van der Waals surface area contributed by atoms with Gasteiger partial charge in [-0.3, -0.25) is 9.69 Å². The lowest BCUT2D eigenvalue weighted by Gasteiger charge is -2.14. The highest BCUT2D eigenvalue weighted by atomic mass is 79.9. The average molecular weight is 665 g/mol. The summed E-state index contributed by atoms with van der Waals surface area (Å²) in [5, 5.41) is 0.707. The van der Waals surface area contributed by atoms with Crippen molar-refractivity contribution in [3.05, 3.63) is 106 Å². The van der Waals surface area contributed by atoms with Crippen LogP contribution in [0.25, 0.3) is 11.1 Å². The number of unbranched alkanes of at least 4 members (excludes halogenated alkanes) is 11. The van der Waals surface area contributed by atoms with Gasteiger partial charge in [0, 0.05) is 41.0 Å². The molecule has 3 rings (SSSR count). The molecular weight excluding hydrogens is 614 g/mol. The maximum absolute atomic E-state index is 12.6. The first-order chi connectivity index (χ1) is 20.9. The predicted molar refractivity (Wildman–Crippen MR) is 190 cm³/mol. The molecule has 0 aliphatic heterocycles. The summed E-state index contributed by atoms with van der Waals surface area (Å²) >= 11 is 10.1. The smallest absolute Gasteiger partial charge is 0.137 e. The van der Waals surface area contributed by atoms with E-state index in [0.717, 1.165) is 47.1 Å². The summed E-state index contributed by atoms with van der Waals surface area (Å²) in [7, 11) is 2.09. The fourth-order valence-electron chi connectivity index (χ4n) is 5.68. The van der Waals surface area contributed by atoms with Crippen molar-refractivity contribution < 1.29 is 4.79 Å². The van der Waals surface area contributed by atoms with Gasteiger partial charge in [0.25, 0.3) is 0 Å². The van der Waals surface area contributed by atoms with Crippen molar-refractivity contribution in [3.8, 4) is 11.1 Å². The van der Waals surface area contributed by atoms with Crippen molar-refractivity contribution in [1.29, 1.82) is 0 Å². The lowest BCUT2D eigenvalue weighted by molar-refractivity contribution is -0.118. The van der Waals surface area contributed by atoms with Crippen LogP contribution in [0.4, 0.5) is 0 Å². The molecule has 0 amide bonds. The van der Waals surface area contributed by atoms with Crippen LogP contribution in [-0.2, 0) is 24.2 Å². The van der Waals surface area contributed by atoms with Gasteiger partial charge >= 0.3 is 0 Å². The zero-order chi connectivity index (χ0) is 30.7. The van der Waals surface area contributed by atoms with E-state index in [2.05, 4.69) is 95.1 Å². The maximum atomic E-state index is 12.6. The second kappa shape index (κ2) is 20.7. The molecule has 0 saturated heterocycles. The number of benzene rings is 3. The maximum Gasteiger partial charge on any atom is 0.137 e. The predicted octanol–water partition coefficient (Wildman–Crippen LogP) is 11.8. The molecule has 43 heavy (non-hydrogen) atoms. The quantitative estimate of drug-likeness (QED) is 0.0787. The molecule has 0 unspecified atom stereocenters. The zero-order valence-electron chi connectivity index (χ0n) is 26.3. The fraction of sp³-hybridized carbons (Fsp3) is 0.462. The van der Waals surface area contributed by atoms with E-state index in [1.165, 1.54) is 81.8 Å². The number of Topliss-reactive ketones (excluding diaryl/α,β-unsaturated/α-hetero) is 1. The topological polar surface area (TPSA) is 20.3 Å². The van der Waals surface area contributed by atoms with E-state index in [9.17, 15) is 4.79 Å². The third-order valence-electron chi connectivity index (χ3n) is 8.18. The van der Waals surface area contributed by atoms with Crippen molar-refractivity contribution in [3.63, 3.8) is 0 Å². The van der Waals surface area contributed by atoms with Gasteiger partial charge in [0.2, 0.25) is 0 Å². The van der Waals surface area contributed by atoms with E-state index < -0.39 is 0 Å². The number of hydrogen-bond acceptors (Lipinski definition) is 2. The van der Waals surface area contributed by atoms with Crippen molar-refractivity contribution in [2.75, 3.05) is 13.6 Å². The standard InChI is InChI=1S/C39H51BrClNO/c1-3-28-42(2)31-33-18-23-35(24-19-33)38-27-22-34(30-39(38)41)29-37(43)17-15-13-11-9-7-5-4-6-8-10-12-14-16-32-20-25-36(40)26-21-32/h3,18-27,30H,1,4-17,28-29,31H2,2H3. The number of halogens is 2. The number of aryl methyl sites for hydroxylation is 1. The molecule has 0 aromatic heterocycles. The molecule has 0 aliphatic rings. The highest BCUT2D eigenvalue weighted by Gasteiger charge is 2.09. The second-order valence-electron chi connectivity index (χ2n) is 12.1. The summed E-state index contributed by atoms with van der Waals surface area (Å²) in [6.45, 7) is 5.55. The molecule has 0 aliphatic carbocycles. The van der Waals surface area contributed by atoms with Crippen molar-refractivity contribution in [2.45, 2.75) is 103 Å². The first-order valence-corrected chi connectivity index (χ1v) is 17.5. The van der Waals surface area contributed by atoms with Crippen LogP contribution in [0.3, 0.4) is 0 Å². The van der Waals surface area contributed by atoms with Crippen LogP contribution in [0, 0.1) is 0 Å². The Balaban J connectivity index is 1.19. The van der Waals surface area contributed by atoms with Crippen LogP contribution in [0.5, 0.6) is 0 Å². The molecule has 0 heterocycles. The van der Waals surface area contributed by atoms with Crippen molar-refractivity contribution >= 4 is 33.3 Å². The lowest BCUT2D eigenvalue weighted by atomic mass is 9.99. The van der Waals surface area contributed by atoms with Gasteiger partial charge in [-0.15, -0.1) is 6.58 Å². The number of hydrogen-bond donors (Lipinski definition) is 0. The van der Waals surface area contributed by atoms with Gasteiger partial charge in [-0.2, -0.15) is 0 Å². The first-order valence-electron chi connectivity index (χ1n) is 16.4. The SMILES string of the molecule is C=CCN(C)Cc1ccc(-c2ccc(CC(=O)CCCCCCCCCCCCCCc3ccc(Br)cc3)cc2Cl)cc1. The molecule has 0 N–H and O–H groups in total. The van der Waals surface area contributed by atoms with E-state index in [0.29, 0.717) is 23.6 Å². The molecule has 3 aromatic rings. The summed E-state index contributed by atoms with van der Waals surface area (Å²) in [6, 6.07) is 23.3. The molecule has 3 aromatic carbocycles. The van der Waals surface area contributed by atoms with E-state index in [-0.39, 0.29) is 0 Å². The Kier molecular flexibility index (Phi) is 17.0. The lowest BCUT2D eigenvalue weighted by Crippen LogP contribution is -2.17. The molecule has 232 valence electrons. The van der Waals surface area contributed by atoms with Crippen LogP contribution in [0.1, 0.15) is 100 Å². The number of ketones is 1. The van der Waals surface area contributed by atoms with E-state index >= 15 is 0 Å². The number of rotatable bonds is 22. The zero-order valence-corrected chi connectivity index (χ0v) is 28.6. The Morgan fingerprint density at radius 3 is 1.86 bits per heavy atom. The van der Waals surface area contributed by atoms with Crippen LogP contribution in [0.15, 0.2) is 83.9 Å². The highest BCUT2D eigenvalue weighted by molar-refractivity contribution is 9.10. The molecule has 4 heteroatoms. The van der Waals surface area contributed by atoms with Gasteiger partial charge in [0.15, 0.2) is 0 Å². The largest absolute Gasteiger partial charge is 0.299 e. The molecule has 0 saturated carbocycles. The van der Waals surface area contributed by atoms with Crippen molar-refractivity contribution in [1.82, 2.24) is 4.90 Å². The Labute approximate surface area is 275 Å². The Hall–Kier alpha value is -2.20. The normalized spacial score (nSPS) is 11.3. The average Bonchev–Trinajstić information content (AvgIpc) is 2.99. The third kappa shape index (κ3) is 14.4. The third-order valence-corrected chi connectivity index (χ3v) is 9.02. The summed E-state index contributed by atoms with van der Waals surface area (Å²) in [4.78, 5) is 14.8.